The van der Waals surface area contributed by atoms with Gasteiger partial charge in [0.2, 0.25) is 5.91 Å². The normalized spacial score (nSPS) is 12.1. The van der Waals surface area contributed by atoms with Gasteiger partial charge in [0.25, 0.3) is 0 Å². The van der Waals surface area contributed by atoms with Crippen molar-refractivity contribution in [3.05, 3.63) is 78.9 Å². The monoisotopic (exact) mass is 387 g/mol. The molecule has 4 aromatic rings. The van der Waals surface area contributed by atoms with Crippen LogP contribution in [0.1, 0.15) is 6.92 Å². The molecule has 4 nitrogen and oxygen atoms in total. The van der Waals surface area contributed by atoms with E-state index in [2.05, 4.69) is 10.3 Å². The molecule has 4 rings (SSSR count). The third kappa shape index (κ3) is 3.66. The number of imidazole rings is 1. The molecular weight excluding hydrogens is 366 g/mol. The number of amides is 1. The molecule has 1 N–H and O–H groups in total. The van der Waals surface area contributed by atoms with Crippen LogP contribution >= 0.6 is 11.8 Å². The Morgan fingerprint density at radius 2 is 1.64 bits per heavy atom. The summed E-state index contributed by atoms with van der Waals surface area (Å²) in [5.41, 5.74) is 4.91. The third-order valence-electron chi connectivity index (χ3n) is 4.67. The first-order chi connectivity index (χ1) is 13.6. The quantitative estimate of drug-likeness (QED) is 0.469. The Kier molecular flexibility index (Phi) is 5.17. The number of rotatable bonds is 5. The van der Waals surface area contributed by atoms with Gasteiger partial charge in [0.1, 0.15) is 0 Å². The Hall–Kier alpha value is -3.05. The molecule has 28 heavy (non-hydrogen) atoms. The number of nitrogens with one attached hydrogen (secondary N) is 1. The molecule has 140 valence electrons. The third-order valence-corrected chi connectivity index (χ3v) is 5.81. The fourth-order valence-corrected chi connectivity index (χ4v) is 4.03. The van der Waals surface area contributed by atoms with Gasteiger partial charge in [0, 0.05) is 18.3 Å². The lowest BCUT2D eigenvalue weighted by Gasteiger charge is -2.15. The summed E-state index contributed by atoms with van der Waals surface area (Å²) in [4.78, 5) is 17.5. The molecule has 0 saturated heterocycles. The number of carbonyl (C=O) groups excluding carboxylic acids is 1. The highest BCUT2D eigenvalue weighted by Gasteiger charge is 2.19. The van der Waals surface area contributed by atoms with Crippen LogP contribution in [0.5, 0.6) is 0 Å². The molecule has 0 spiro atoms. The van der Waals surface area contributed by atoms with E-state index in [1.807, 2.05) is 97.4 Å². The Balaban J connectivity index is 1.53. The number of benzene rings is 3. The van der Waals surface area contributed by atoms with Crippen molar-refractivity contribution in [1.29, 1.82) is 0 Å². The highest BCUT2D eigenvalue weighted by molar-refractivity contribution is 8.00. The summed E-state index contributed by atoms with van der Waals surface area (Å²) in [5.74, 6) is -0.0413. The maximum absolute atomic E-state index is 12.9. The molecule has 0 aliphatic heterocycles. The average Bonchev–Trinajstić information content (AvgIpc) is 3.04. The zero-order valence-electron chi connectivity index (χ0n) is 15.8. The van der Waals surface area contributed by atoms with Crippen molar-refractivity contribution < 1.29 is 4.79 Å². The van der Waals surface area contributed by atoms with E-state index in [0.717, 1.165) is 33.0 Å². The second-order valence-electron chi connectivity index (χ2n) is 6.60. The Morgan fingerprint density at radius 1 is 0.964 bits per heavy atom. The number of fused-ring (bicyclic) bond motifs is 1. The molecule has 1 heterocycles. The molecule has 0 fully saturated rings. The number of aryl methyl sites for hydroxylation is 1. The van der Waals surface area contributed by atoms with Crippen molar-refractivity contribution in [2.24, 2.45) is 7.05 Å². The minimum Gasteiger partial charge on any atom is -0.325 e. The smallest absolute Gasteiger partial charge is 0.237 e. The molecule has 0 aliphatic rings. The maximum atomic E-state index is 12.9. The van der Waals surface area contributed by atoms with Gasteiger partial charge in [0.05, 0.1) is 16.3 Å². The maximum Gasteiger partial charge on any atom is 0.237 e. The topological polar surface area (TPSA) is 46.9 Å². The first-order valence-electron chi connectivity index (χ1n) is 9.17. The lowest BCUT2D eigenvalue weighted by Crippen LogP contribution is -2.23. The number of aromatic nitrogens is 2. The molecule has 0 radical (unpaired) electrons. The van der Waals surface area contributed by atoms with Crippen LogP contribution in [0.2, 0.25) is 0 Å². The Morgan fingerprint density at radius 3 is 2.43 bits per heavy atom. The molecule has 0 saturated carbocycles. The van der Waals surface area contributed by atoms with E-state index in [1.54, 1.807) is 0 Å². The summed E-state index contributed by atoms with van der Waals surface area (Å²) in [5, 5.41) is 3.64. The van der Waals surface area contributed by atoms with Gasteiger partial charge in [-0.05, 0) is 30.7 Å². The first-order valence-corrected chi connectivity index (χ1v) is 10.0. The summed E-state index contributed by atoms with van der Waals surface area (Å²) in [6, 6.07) is 25.9. The van der Waals surface area contributed by atoms with Crippen molar-refractivity contribution in [3.63, 3.8) is 0 Å². The lowest BCUT2D eigenvalue weighted by atomic mass is 10.0. The van der Waals surface area contributed by atoms with E-state index in [9.17, 15) is 4.79 Å². The predicted molar refractivity (Wildman–Crippen MR) is 117 cm³/mol. The Bertz CT molecular complexity index is 1120. The van der Waals surface area contributed by atoms with Crippen molar-refractivity contribution in [2.45, 2.75) is 17.3 Å². The minimum atomic E-state index is -0.278. The van der Waals surface area contributed by atoms with Gasteiger partial charge in [-0.15, -0.1) is 0 Å². The summed E-state index contributed by atoms with van der Waals surface area (Å²) < 4.78 is 2.03. The predicted octanol–water partition coefficient (Wildman–Crippen LogP) is 5.36. The van der Waals surface area contributed by atoms with Gasteiger partial charge in [-0.2, -0.15) is 0 Å². The van der Waals surface area contributed by atoms with Crippen LogP contribution in [0, 0.1) is 0 Å². The summed E-state index contributed by atoms with van der Waals surface area (Å²) >= 11 is 1.46. The van der Waals surface area contributed by atoms with E-state index in [1.165, 1.54) is 11.8 Å². The first kappa shape index (κ1) is 18.3. The minimum absolute atomic E-state index is 0.0413. The number of para-hydroxylation sites is 3. The number of anilines is 1. The van der Waals surface area contributed by atoms with E-state index >= 15 is 0 Å². The lowest BCUT2D eigenvalue weighted by molar-refractivity contribution is -0.115. The van der Waals surface area contributed by atoms with Crippen LogP contribution in [0.4, 0.5) is 5.69 Å². The molecule has 1 unspecified atom stereocenters. The number of carbonyl (C=O) groups is 1. The summed E-state index contributed by atoms with van der Waals surface area (Å²) in [6.07, 6.45) is 0. The van der Waals surface area contributed by atoms with Crippen LogP contribution in [-0.4, -0.2) is 20.7 Å². The number of thioether (sulfide) groups is 1. The van der Waals surface area contributed by atoms with Gasteiger partial charge in [-0.1, -0.05) is 72.4 Å². The molecule has 1 amide bonds. The van der Waals surface area contributed by atoms with Crippen LogP contribution in [0.3, 0.4) is 0 Å². The zero-order chi connectivity index (χ0) is 19.5. The fourth-order valence-electron chi connectivity index (χ4n) is 3.14. The van der Waals surface area contributed by atoms with Crippen molar-refractivity contribution in [3.8, 4) is 11.1 Å². The average molecular weight is 388 g/mol. The second-order valence-corrected chi connectivity index (χ2v) is 7.91. The van der Waals surface area contributed by atoms with Crippen LogP contribution in [0.15, 0.2) is 84.0 Å². The van der Waals surface area contributed by atoms with E-state index in [0.29, 0.717) is 0 Å². The number of hydrogen-bond acceptors (Lipinski definition) is 3. The Labute approximate surface area is 168 Å². The fraction of sp³-hybridized carbons (Fsp3) is 0.130. The standard InChI is InChI=1S/C23H21N3OS/c1-16(28-23-25-20-14-8-9-15-21(20)26(23)2)22(27)24-19-13-7-6-12-18(19)17-10-4-3-5-11-17/h3-16H,1-2H3,(H,24,27). The number of hydrogen-bond donors (Lipinski definition) is 1. The van der Waals surface area contributed by atoms with Crippen LogP contribution in [0.25, 0.3) is 22.2 Å². The molecule has 1 aromatic heterocycles. The van der Waals surface area contributed by atoms with Gasteiger partial charge in [-0.25, -0.2) is 4.98 Å². The molecule has 3 aromatic carbocycles. The van der Waals surface area contributed by atoms with Crippen molar-refractivity contribution in [2.75, 3.05) is 5.32 Å². The molecule has 0 aliphatic carbocycles. The molecule has 5 heteroatoms. The summed E-state index contributed by atoms with van der Waals surface area (Å²) in [7, 11) is 1.98. The van der Waals surface area contributed by atoms with Gasteiger partial charge in [-0.3, -0.25) is 4.79 Å². The zero-order valence-corrected chi connectivity index (χ0v) is 16.6. The molecule has 0 bridgehead atoms. The van der Waals surface area contributed by atoms with Crippen LogP contribution in [-0.2, 0) is 11.8 Å². The SMILES string of the molecule is CC(Sc1nc2ccccc2n1C)C(=O)Nc1ccccc1-c1ccccc1. The number of nitrogens with zero attached hydrogens (tertiary/aromatic N) is 2. The van der Waals surface area contributed by atoms with Crippen molar-refractivity contribution >= 4 is 34.4 Å². The summed E-state index contributed by atoms with van der Waals surface area (Å²) in [6.45, 7) is 1.91. The van der Waals surface area contributed by atoms with Gasteiger partial charge >= 0.3 is 0 Å². The largest absolute Gasteiger partial charge is 0.325 e. The van der Waals surface area contributed by atoms with E-state index in [-0.39, 0.29) is 11.2 Å². The van der Waals surface area contributed by atoms with Crippen LogP contribution < -0.4 is 5.32 Å². The van der Waals surface area contributed by atoms with Gasteiger partial charge < -0.3 is 9.88 Å². The molecule has 1 atom stereocenters. The van der Waals surface area contributed by atoms with Gasteiger partial charge in [0.15, 0.2) is 5.16 Å². The molecular formula is C23H21N3OS. The van der Waals surface area contributed by atoms with Crippen molar-refractivity contribution in [1.82, 2.24) is 9.55 Å². The highest BCUT2D eigenvalue weighted by atomic mass is 32.2. The second kappa shape index (κ2) is 7.90. The van der Waals surface area contributed by atoms with E-state index in [4.69, 9.17) is 0 Å². The highest BCUT2D eigenvalue weighted by Crippen LogP contribution is 2.30. The van der Waals surface area contributed by atoms with E-state index < -0.39 is 0 Å².